The zero-order valence-corrected chi connectivity index (χ0v) is 22.8. The number of ketones is 1. The number of hydrogen-bond acceptors (Lipinski definition) is 7. The van der Waals surface area contributed by atoms with Crippen LogP contribution in [0.4, 0.5) is 0 Å². The summed E-state index contributed by atoms with van der Waals surface area (Å²) in [4.78, 5) is 36.2. The van der Waals surface area contributed by atoms with Crippen LogP contribution >= 0.6 is 11.3 Å². The van der Waals surface area contributed by atoms with E-state index in [9.17, 15) is 14.7 Å². The average molecular weight is 532 g/mol. The van der Waals surface area contributed by atoms with Crippen LogP contribution in [-0.4, -0.2) is 64.4 Å². The quantitative estimate of drug-likeness (QED) is 0.242. The lowest BCUT2D eigenvalue weighted by atomic mass is 9.95. The molecule has 1 unspecified atom stereocenters. The number of aliphatic hydroxyl groups excluding tert-OH is 1. The second-order valence-corrected chi connectivity index (χ2v) is 9.99. The van der Waals surface area contributed by atoms with E-state index in [0.717, 1.165) is 29.2 Å². The molecule has 0 saturated heterocycles. The monoisotopic (exact) mass is 531 g/mol. The average Bonchev–Trinajstić information content (AvgIpc) is 3.45. The molecule has 1 N–H and O–H groups in total. The maximum absolute atomic E-state index is 14.0. The molecule has 1 amide bonds. The van der Waals surface area contributed by atoms with Gasteiger partial charge in [0.2, 0.25) is 5.78 Å². The van der Waals surface area contributed by atoms with Crippen molar-refractivity contribution < 1.29 is 19.4 Å². The van der Waals surface area contributed by atoms with Gasteiger partial charge in [-0.05, 0) is 37.7 Å². The molecule has 1 atom stereocenters. The first-order valence-corrected chi connectivity index (χ1v) is 13.6. The van der Waals surface area contributed by atoms with Crippen LogP contribution in [0.1, 0.15) is 40.8 Å². The van der Waals surface area contributed by atoms with Crippen molar-refractivity contribution in [2.45, 2.75) is 26.8 Å². The van der Waals surface area contributed by atoms with Crippen molar-refractivity contribution in [3.05, 3.63) is 94.7 Å². The summed E-state index contributed by atoms with van der Waals surface area (Å²) in [6.07, 6.45) is 1.66. The maximum Gasteiger partial charge on any atom is 0.290 e. The van der Waals surface area contributed by atoms with E-state index in [4.69, 9.17) is 4.74 Å². The Labute approximate surface area is 227 Å². The molecule has 1 aromatic heterocycles. The van der Waals surface area contributed by atoms with E-state index in [1.807, 2.05) is 42.5 Å². The number of aliphatic hydroxyl groups is 1. The molecule has 1 aliphatic heterocycles. The molecular weight excluding hydrogens is 498 g/mol. The highest BCUT2D eigenvalue weighted by molar-refractivity contribution is 7.17. The number of carbonyl (C=O) groups excluding carboxylic acids is 2. The molecule has 0 spiro atoms. The predicted octanol–water partition coefficient (Wildman–Crippen LogP) is 5.60. The van der Waals surface area contributed by atoms with Gasteiger partial charge in [-0.1, -0.05) is 69.0 Å². The Hall–Kier alpha value is -3.75. The standard InChI is InChI=1S/C30H33N3O4S/c1-5-19-37-23-15-13-21(14-16-23)25-24(27(35)30(36)33(25)18-17-32(6-2)7-3)26(34)28-20(4)31-29(38-28)22-11-9-8-10-12-22/h5,8-16,25,35H,1,6-7,17-19H2,2-4H3. The first-order chi connectivity index (χ1) is 18.4. The number of aryl methyl sites for hydroxylation is 1. The molecular formula is C30H33N3O4S. The molecule has 38 heavy (non-hydrogen) atoms. The number of nitrogens with zero attached hydrogens (tertiary/aromatic N) is 3. The van der Waals surface area contributed by atoms with E-state index in [1.54, 1.807) is 30.0 Å². The first kappa shape index (κ1) is 27.3. The van der Waals surface area contributed by atoms with Crippen LogP contribution in [0.15, 0.2) is 78.6 Å². The van der Waals surface area contributed by atoms with Crippen LogP contribution in [0.2, 0.25) is 0 Å². The summed E-state index contributed by atoms with van der Waals surface area (Å²) in [7, 11) is 0. The van der Waals surface area contributed by atoms with Gasteiger partial charge in [-0.15, -0.1) is 11.3 Å². The Bertz CT molecular complexity index is 1330. The number of ether oxygens (including phenoxy) is 1. The summed E-state index contributed by atoms with van der Waals surface area (Å²) in [5, 5.41) is 11.8. The smallest absolute Gasteiger partial charge is 0.290 e. The minimum atomic E-state index is -0.722. The number of benzene rings is 2. The van der Waals surface area contributed by atoms with Gasteiger partial charge in [0.1, 0.15) is 17.4 Å². The summed E-state index contributed by atoms with van der Waals surface area (Å²) in [5.41, 5.74) is 2.29. The number of thiazole rings is 1. The van der Waals surface area contributed by atoms with Crippen LogP contribution in [-0.2, 0) is 4.79 Å². The maximum atomic E-state index is 14.0. The third-order valence-corrected chi connectivity index (χ3v) is 7.89. The molecule has 1 aliphatic rings. The van der Waals surface area contributed by atoms with Crippen LogP contribution in [0.25, 0.3) is 10.6 Å². The van der Waals surface area contributed by atoms with Crippen LogP contribution in [0.3, 0.4) is 0 Å². The molecule has 2 heterocycles. The summed E-state index contributed by atoms with van der Waals surface area (Å²) < 4.78 is 5.61. The van der Waals surface area contributed by atoms with Gasteiger partial charge in [0.05, 0.1) is 22.2 Å². The third kappa shape index (κ3) is 5.56. The highest BCUT2D eigenvalue weighted by atomic mass is 32.1. The molecule has 0 saturated carbocycles. The van der Waals surface area contributed by atoms with Crippen LogP contribution < -0.4 is 4.74 Å². The molecule has 0 fully saturated rings. The second-order valence-electron chi connectivity index (χ2n) is 8.99. The number of likely N-dealkylation sites (N-methyl/N-ethyl adjacent to an activating group) is 1. The largest absolute Gasteiger partial charge is 0.503 e. The number of rotatable bonds is 12. The zero-order chi connectivity index (χ0) is 27.2. The van der Waals surface area contributed by atoms with Gasteiger partial charge in [-0.2, -0.15) is 0 Å². The highest BCUT2D eigenvalue weighted by Crippen LogP contribution is 2.41. The first-order valence-electron chi connectivity index (χ1n) is 12.8. The molecule has 4 rings (SSSR count). The van der Waals surface area contributed by atoms with Crippen molar-refractivity contribution in [2.24, 2.45) is 0 Å². The lowest BCUT2D eigenvalue weighted by Gasteiger charge is -2.29. The molecule has 3 aromatic rings. The van der Waals surface area contributed by atoms with Crippen molar-refractivity contribution in [3.63, 3.8) is 0 Å². The van der Waals surface area contributed by atoms with Gasteiger partial charge in [0.25, 0.3) is 5.91 Å². The summed E-state index contributed by atoms with van der Waals surface area (Å²) >= 11 is 1.27. The second kappa shape index (κ2) is 12.2. The van der Waals surface area contributed by atoms with Gasteiger partial charge >= 0.3 is 0 Å². The topological polar surface area (TPSA) is 83.0 Å². The van der Waals surface area contributed by atoms with Crippen molar-refractivity contribution in [2.75, 3.05) is 32.8 Å². The normalized spacial score (nSPS) is 15.4. The van der Waals surface area contributed by atoms with E-state index in [2.05, 4.69) is 30.3 Å². The van der Waals surface area contributed by atoms with Gasteiger partial charge in [-0.3, -0.25) is 9.59 Å². The molecule has 198 valence electrons. The van der Waals surface area contributed by atoms with Gasteiger partial charge in [0, 0.05) is 18.7 Å². The Morgan fingerprint density at radius 3 is 2.47 bits per heavy atom. The van der Waals surface area contributed by atoms with E-state index >= 15 is 0 Å². The minimum Gasteiger partial charge on any atom is -0.503 e. The Morgan fingerprint density at radius 1 is 1.16 bits per heavy atom. The molecule has 8 heteroatoms. The van der Waals surface area contributed by atoms with Gasteiger partial charge in [0.15, 0.2) is 5.76 Å². The number of hydrogen-bond donors (Lipinski definition) is 1. The number of Topliss-reactive ketones (excluding diaryl/α,β-unsaturated/α-hetero) is 1. The van der Waals surface area contributed by atoms with E-state index < -0.39 is 17.7 Å². The molecule has 0 bridgehead atoms. The Balaban J connectivity index is 1.72. The molecule has 7 nitrogen and oxygen atoms in total. The van der Waals surface area contributed by atoms with Crippen molar-refractivity contribution in [3.8, 4) is 16.3 Å². The fourth-order valence-electron chi connectivity index (χ4n) is 4.59. The van der Waals surface area contributed by atoms with E-state index in [0.29, 0.717) is 36.0 Å². The fourth-order valence-corrected chi connectivity index (χ4v) is 5.61. The zero-order valence-electron chi connectivity index (χ0n) is 22.0. The lowest BCUT2D eigenvalue weighted by Crippen LogP contribution is -2.38. The molecule has 2 aromatic carbocycles. The molecule has 0 radical (unpaired) electrons. The fraction of sp³-hybridized carbons (Fsp3) is 0.300. The van der Waals surface area contributed by atoms with E-state index in [-0.39, 0.29) is 11.4 Å². The van der Waals surface area contributed by atoms with E-state index in [1.165, 1.54) is 11.3 Å². The van der Waals surface area contributed by atoms with Crippen molar-refractivity contribution in [1.29, 1.82) is 0 Å². The van der Waals surface area contributed by atoms with Crippen molar-refractivity contribution >= 4 is 23.0 Å². The predicted molar refractivity (Wildman–Crippen MR) is 151 cm³/mol. The van der Waals surface area contributed by atoms with Gasteiger partial charge in [-0.25, -0.2) is 4.98 Å². The lowest BCUT2D eigenvalue weighted by molar-refractivity contribution is -0.129. The number of carbonyl (C=O) groups is 2. The number of aromatic nitrogens is 1. The summed E-state index contributed by atoms with van der Waals surface area (Å²) in [6.45, 7) is 12.6. The Morgan fingerprint density at radius 2 is 1.84 bits per heavy atom. The van der Waals surface area contributed by atoms with Crippen molar-refractivity contribution in [1.82, 2.24) is 14.8 Å². The third-order valence-electron chi connectivity index (χ3n) is 6.69. The minimum absolute atomic E-state index is 0.0840. The van der Waals surface area contributed by atoms with Crippen LogP contribution in [0, 0.1) is 6.92 Å². The molecule has 0 aliphatic carbocycles. The van der Waals surface area contributed by atoms with Gasteiger partial charge < -0.3 is 19.6 Å². The van der Waals surface area contributed by atoms with Crippen LogP contribution in [0.5, 0.6) is 5.75 Å². The highest BCUT2D eigenvalue weighted by Gasteiger charge is 2.44. The summed E-state index contributed by atoms with van der Waals surface area (Å²) in [6, 6.07) is 16.2. The SMILES string of the molecule is C=CCOc1ccc(C2C(C(=O)c3sc(-c4ccccc4)nc3C)=C(O)C(=O)N2CCN(CC)CC)cc1. The summed E-state index contributed by atoms with van der Waals surface area (Å²) in [5.74, 6) is -0.765. The number of amides is 1. The Kier molecular flexibility index (Phi) is 8.76.